The van der Waals surface area contributed by atoms with Crippen LogP contribution in [0.4, 0.5) is 0 Å². The van der Waals surface area contributed by atoms with E-state index in [1.54, 1.807) is 13.0 Å². The molecule has 0 fully saturated rings. The summed E-state index contributed by atoms with van der Waals surface area (Å²) in [5.74, 6) is -0.0369. The molecule has 0 saturated carbocycles. The number of aromatic amines is 1. The average Bonchev–Trinajstić information content (AvgIpc) is 2.98. The Hall–Kier alpha value is -2.90. The number of aromatic nitrogens is 4. The van der Waals surface area contributed by atoms with Crippen molar-refractivity contribution in [3.8, 4) is 0 Å². The second-order valence-electron chi connectivity index (χ2n) is 4.60. The third kappa shape index (κ3) is 2.42. The Morgan fingerprint density at radius 1 is 1.48 bits per heavy atom. The van der Waals surface area contributed by atoms with Crippen LogP contribution < -0.4 is 5.69 Å². The monoisotopic (exact) mass is 288 g/mol. The van der Waals surface area contributed by atoms with E-state index in [1.807, 2.05) is 0 Å². The molecule has 0 bridgehead atoms. The van der Waals surface area contributed by atoms with Gasteiger partial charge in [-0.15, -0.1) is 0 Å². The molecule has 2 heterocycles. The average molecular weight is 288 g/mol. The molecule has 21 heavy (non-hydrogen) atoms. The number of carboxylic acids is 1. The van der Waals surface area contributed by atoms with Gasteiger partial charge in [0.1, 0.15) is 0 Å². The number of aryl methyl sites for hydroxylation is 3. The topological polar surface area (TPSA) is 114 Å². The minimum Gasteiger partial charge on any atom is -0.478 e. The molecule has 0 aliphatic carbocycles. The first kappa shape index (κ1) is 13.1. The second-order valence-corrected chi connectivity index (χ2v) is 4.60. The first-order chi connectivity index (χ1) is 10.0. The van der Waals surface area contributed by atoms with Crippen molar-refractivity contribution < 1.29 is 14.4 Å². The van der Waals surface area contributed by atoms with Gasteiger partial charge < -0.3 is 14.6 Å². The van der Waals surface area contributed by atoms with Crippen molar-refractivity contribution in [1.29, 1.82) is 0 Å². The number of rotatable bonds is 4. The maximum absolute atomic E-state index is 11.9. The quantitative estimate of drug-likeness (QED) is 0.739. The lowest BCUT2D eigenvalue weighted by molar-refractivity contribution is 0.0697. The van der Waals surface area contributed by atoms with Crippen molar-refractivity contribution in [2.75, 3.05) is 0 Å². The molecule has 1 aromatic carbocycles. The van der Waals surface area contributed by atoms with Crippen molar-refractivity contribution in [2.24, 2.45) is 0 Å². The molecule has 0 radical (unpaired) electrons. The summed E-state index contributed by atoms with van der Waals surface area (Å²) >= 11 is 0. The molecular weight excluding hydrogens is 276 g/mol. The molecule has 0 saturated heterocycles. The predicted molar refractivity (Wildman–Crippen MR) is 72.3 cm³/mol. The first-order valence-electron chi connectivity index (χ1n) is 6.29. The van der Waals surface area contributed by atoms with Gasteiger partial charge in [-0.2, -0.15) is 4.98 Å². The number of fused-ring (bicyclic) bond motifs is 1. The molecule has 2 aromatic heterocycles. The summed E-state index contributed by atoms with van der Waals surface area (Å²) in [5, 5.41) is 12.6. The Morgan fingerprint density at radius 2 is 2.29 bits per heavy atom. The molecule has 0 aliphatic heterocycles. The maximum Gasteiger partial charge on any atom is 0.335 e. The molecule has 0 amide bonds. The van der Waals surface area contributed by atoms with Crippen LogP contribution in [0.1, 0.15) is 22.1 Å². The number of carbonyl (C=O) groups is 1. The summed E-state index contributed by atoms with van der Waals surface area (Å²) in [7, 11) is 0. The predicted octanol–water partition coefficient (Wildman–Crippen LogP) is 0.962. The summed E-state index contributed by atoms with van der Waals surface area (Å²) in [5.41, 5.74) is 0.954. The number of H-pyrrole nitrogens is 1. The normalized spacial score (nSPS) is 11.1. The van der Waals surface area contributed by atoms with Crippen LogP contribution in [0.25, 0.3) is 11.0 Å². The Morgan fingerprint density at radius 3 is 2.95 bits per heavy atom. The van der Waals surface area contributed by atoms with Gasteiger partial charge in [-0.3, -0.25) is 4.57 Å². The SMILES string of the molecule is Cc1noc(CCn2c(=O)[nH]c3cc(C(=O)O)ccc32)n1. The van der Waals surface area contributed by atoms with Gasteiger partial charge in [0.25, 0.3) is 0 Å². The zero-order valence-corrected chi connectivity index (χ0v) is 11.2. The Kier molecular flexibility index (Phi) is 3.05. The van der Waals surface area contributed by atoms with Gasteiger partial charge in [-0.1, -0.05) is 5.16 Å². The highest BCUT2D eigenvalue weighted by molar-refractivity contribution is 5.92. The number of nitrogens with zero attached hydrogens (tertiary/aromatic N) is 3. The lowest BCUT2D eigenvalue weighted by atomic mass is 10.2. The number of hydrogen-bond donors (Lipinski definition) is 2. The van der Waals surface area contributed by atoms with Crippen LogP contribution in [0.2, 0.25) is 0 Å². The van der Waals surface area contributed by atoms with E-state index in [4.69, 9.17) is 9.63 Å². The maximum atomic E-state index is 11.9. The van der Waals surface area contributed by atoms with Crippen LogP contribution in [0, 0.1) is 6.92 Å². The highest BCUT2D eigenvalue weighted by Crippen LogP contribution is 2.13. The van der Waals surface area contributed by atoms with Gasteiger partial charge in [0.05, 0.1) is 16.6 Å². The molecule has 0 unspecified atom stereocenters. The molecule has 108 valence electrons. The van der Waals surface area contributed by atoms with Gasteiger partial charge >= 0.3 is 11.7 Å². The van der Waals surface area contributed by atoms with Crippen LogP contribution in [0.15, 0.2) is 27.5 Å². The lowest BCUT2D eigenvalue weighted by Crippen LogP contribution is -2.17. The summed E-state index contributed by atoms with van der Waals surface area (Å²) in [4.78, 5) is 29.6. The van der Waals surface area contributed by atoms with E-state index in [2.05, 4.69) is 15.1 Å². The van der Waals surface area contributed by atoms with Crippen LogP contribution in [-0.4, -0.2) is 30.8 Å². The minimum atomic E-state index is -1.04. The summed E-state index contributed by atoms with van der Waals surface area (Å²) < 4.78 is 6.52. The van der Waals surface area contributed by atoms with Crippen molar-refractivity contribution in [1.82, 2.24) is 19.7 Å². The Bertz CT molecular complexity index is 874. The molecule has 0 aliphatic rings. The Labute approximate surface area is 118 Å². The van der Waals surface area contributed by atoms with Gasteiger partial charge in [-0.25, -0.2) is 9.59 Å². The van der Waals surface area contributed by atoms with Gasteiger partial charge in [-0.05, 0) is 25.1 Å². The molecule has 2 N–H and O–H groups in total. The van der Waals surface area contributed by atoms with E-state index < -0.39 is 5.97 Å². The summed E-state index contributed by atoms with van der Waals surface area (Å²) in [6.45, 7) is 2.09. The van der Waals surface area contributed by atoms with Crippen molar-refractivity contribution in [3.63, 3.8) is 0 Å². The van der Waals surface area contributed by atoms with Crippen LogP contribution in [-0.2, 0) is 13.0 Å². The van der Waals surface area contributed by atoms with E-state index in [0.29, 0.717) is 35.7 Å². The van der Waals surface area contributed by atoms with Crippen molar-refractivity contribution in [2.45, 2.75) is 19.9 Å². The standard InChI is InChI=1S/C13H12N4O4/c1-7-14-11(21-16-7)4-5-17-10-3-2-8(12(18)19)6-9(10)15-13(17)20/h2-3,6H,4-5H2,1H3,(H,15,20)(H,18,19). The highest BCUT2D eigenvalue weighted by Gasteiger charge is 2.11. The fourth-order valence-electron chi connectivity index (χ4n) is 2.17. The second kappa shape index (κ2) is 4.89. The molecular formula is C13H12N4O4. The van der Waals surface area contributed by atoms with Crippen molar-refractivity contribution >= 4 is 17.0 Å². The zero-order valence-electron chi connectivity index (χ0n) is 11.2. The molecule has 3 aromatic rings. The van der Waals surface area contributed by atoms with Gasteiger partial charge in [0, 0.05) is 13.0 Å². The zero-order chi connectivity index (χ0) is 15.0. The van der Waals surface area contributed by atoms with Crippen LogP contribution >= 0.6 is 0 Å². The molecule has 0 atom stereocenters. The van der Waals surface area contributed by atoms with E-state index in [-0.39, 0.29) is 11.3 Å². The number of carboxylic acid groups (broad SMARTS) is 1. The number of aromatic carboxylic acids is 1. The number of hydrogen-bond acceptors (Lipinski definition) is 5. The van der Waals surface area contributed by atoms with E-state index in [0.717, 1.165) is 0 Å². The minimum absolute atomic E-state index is 0.128. The molecule has 3 rings (SSSR count). The molecule has 8 nitrogen and oxygen atoms in total. The van der Waals surface area contributed by atoms with Gasteiger partial charge in [0.2, 0.25) is 5.89 Å². The Balaban J connectivity index is 1.93. The van der Waals surface area contributed by atoms with E-state index in [1.165, 1.54) is 16.7 Å². The fraction of sp³-hybridized carbons (Fsp3) is 0.231. The van der Waals surface area contributed by atoms with E-state index >= 15 is 0 Å². The lowest BCUT2D eigenvalue weighted by Gasteiger charge is -2.01. The summed E-state index contributed by atoms with van der Waals surface area (Å²) in [6, 6.07) is 4.51. The van der Waals surface area contributed by atoms with Crippen molar-refractivity contribution in [3.05, 3.63) is 46.0 Å². The number of nitrogens with one attached hydrogen (secondary N) is 1. The van der Waals surface area contributed by atoms with Crippen LogP contribution in [0.3, 0.4) is 0 Å². The highest BCUT2D eigenvalue weighted by atomic mass is 16.5. The van der Waals surface area contributed by atoms with E-state index in [9.17, 15) is 9.59 Å². The van der Waals surface area contributed by atoms with Gasteiger partial charge in [0.15, 0.2) is 5.82 Å². The number of imidazole rings is 1. The first-order valence-corrected chi connectivity index (χ1v) is 6.29. The smallest absolute Gasteiger partial charge is 0.335 e. The largest absolute Gasteiger partial charge is 0.478 e. The van der Waals surface area contributed by atoms with Crippen LogP contribution in [0.5, 0.6) is 0 Å². The number of benzene rings is 1. The third-order valence-corrected chi connectivity index (χ3v) is 3.14. The summed E-state index contributed by atoms with van der Waals surface area (Å²) in [6.07, 6.45) is 0.425. The third-order valence-electron chi connectivity index (χ3n) is 3.14. The molecule has 8 heteroatoms. The molecule has 0 spiro atoms. The fourth-order valence-corrected chi connectivity index (χ4v) is 2.17.